The lowest BCUT2D eigenvalue weighted by Gasteiger charge is -2.10. The van der Waals surface area contributed by atoms with Crippen LogP contribution in [0.15, 0.2) is 47.6 Å². The maximum Gasteiger partial charge on any atom is 0.213 e. The van der Waals surface area contributed by atoms with Crippen LogP contribution < -0.4 is 15.8 Å². The number of nitrogens with zero attached hydrogens (tertiary/aromatic N) is 3. The Morgan fingerprint density at radius 2 is 1.92 bits per heavy atom. The Morgan fingerprint density at radius 1 is 1.19 bits per heavy atom. The van der Waals surface area contributed by atoms with Crippen LogP contribution in [0.2, 0.25) is 0 Å². The van der Waals surface area contributed by atoms with E-state index in [1.807, 2.05) is 38.4 Å². The Labute approximate surface area is 172 Å². The molecule has 0 unspecified atom stereocenters. The monoisotopic (exact) mass is 469 g/mol. The molecule has 0 saturated carbocycles. The number of benzene rings is 1. The Bertz CT molecular complexity index is 689. The number of likely N-dealkylation sites (N-methyl/N-ethyl adjacent to an activating group) is 1. The molecule has 6 nitrogen and oxygen atoms in total. The first-order valence-corrected chi connectivity index (χ1v) is 8.45. The molecule has 0 aliphatic rings. The number of nitrogens with one attached hydrogen (secondary N) is 1. The second kappa shape index (κ2) is 11.7. The van der Waals surface area contributed by atoms with Gasteiger partial charge in [-0.3, -0.25) is 0 Å². The molecule has 0 amide bonds. The fraction of sp³-hybridized carbons (Fsp3) is 0.368. The third-order valence-corrected chi connectivity index (χ3v) is 3.65. The zero-order valence-corrected chi connectivity index (χ0v) is 17.9. The van der Waals surface area contributed by atoms with Gasteiger partial charge < -0.3 is 20.7 Å². The van der Waals surface area contributed by atoms with Gasteiger partial charge in [-0.2, -0.15) is 0 Å². The number of nitrogens with two attached hydrogens (primary N) is 1. The van der Waals surface area contributed by atoms with Gasteiger partial charge in [-0.15, -0.1) is 24.0 Å². The number of aliphatic imine (C=N–C) groups is 1. The summed E-state index contributed by atoms with van der Waals surface area (Å²) in [6, 6.07) is 12.0. The third kappa shape index (κ3) is 8.01. The second-order valence-electron chi connectivity index (χ2n) is 6.03. The van der Waals surface area contributed by atoms with E-state index in [-0.39, 0.29) is 24.0 Å². The Kier molecular flexibility index (Phi) is 9.97. The smallest absolute Gasteiger partial charge is 0.213 e. The third-order valence-electron chi connectivity index (χ3n) is 3.65. The number of aryl methyl sites for hydroxylation is 1. The number of halogens is 1. The summed E-state index contributed by atoms with van der Waals surface area (Å²) in [4.78, 5) is 10.6. The molecule has 0 bridgehead atoms. The molecule has 2 aromatic rings. The number of ether oxygens (including phenoxy) is 1. The molecule has 1 aromatic carbocycles. The Balaban J connectivity index is 0.00000338. The summed E-state index contributed by atoms with van der Waals surface area (Å²) in [5.74, 6) is 0.993. The molecule has 7 heteroatoms. The molecule has 0 spiro atoms. The average Bonchev–Trinajstić information content (AvgIpc) is 2.61. The standard InChI is InChI=1S/C19H27N5O.HI/c1-4-15-5-7-17(8-6-15)23-19(20)22-14-16-9-10-21-18(13-16)25-12-11-24(2)3;/h5-10,13H,4,11-12,14H2,1-3H3,(H3,20,22,23);1H. The summed E-state index contributed by atoms with van der Waals surface area (Å²) in [5, 5.41) is 3.10. The molecule has 0 aliphatic carbocycles. The molecule has 26 heavy (non-hydrogen) atoms. The maximum atomic E-state index is 5.96. The number of hydrogen-bond acceptors (Lipinski definition) is 4. The minimum absolute atomic E-state index is 0. The summed E-state index contributed by atoms with van der Waals surface area (Å²) >= 11 is 0. The topological polar surface area (TPSA) is 75.8 Å². The van der Waals surface area contributed by atoms with E-state index in [1.54, 1.807) is 6.20 Å². The van der Waals surface area contributed by atoms with Gasteiger partial charge in [0.1, 0.15) is 6.61 Å². The van der Waals surface area contributed by atoms with Gasteiger partial charge in [-0.05, 0) is 49.8 Å². The van der Waals surface area contributed by atoms with E-state index in [4.69, 9.17) is 10.5 Å². The highest BCUT2D eigenvalue weighted by atomic mass is 127. The second-order valence-corrected chi connectivity index (χ2v) is 6.03. The number of anilines is 1. The highest BCUT2D eigenvalue weighted by Crippen LogP contribution is 2.12. The van der Waals surface area contributed by atoms with Crippen LogP contribution in [0, 0.1) is 0 Å². The quantitative estimate of drug-likeness (QED) is 0.353. The largest absolute Gasteiger partial charge is 0.476 e. The fourth-order valence-corrected chi connectivity index (χ4v) is 2.15. The van der Waals surface area contributed by atoms with Crippen LogP contribution in [0.3, 0.4) is 0 Å². The first kappa shape index (κ1) is 22.2. The molecule has 0 atom stereocenters. The van der Waals surface area contributed by atoms with E-state index < -0.39 is 0 Å². The zero-order valence-electron chi connectivity index (χ0n) is 15.6. The predicted molar refractivity (Wildman–Crippen MR) is 118 cm³/mol. The van der Waals surface area contributed by atoms with Gasteiger partial charge in [0, 0.05) is 24.5 Å². The summed E-state index contributed by atoms with van der Waals surface area (Å²) in [5.41, 5.74) is 9.19. The van der Waals surface area contributed by atoms with Crippen LogP contribution in [0.5, 0.6) is 5.88 Å². The van der Waals surface area contributed by atoms with Crippen molar-refractivity contribution in [1.82, 2.24) is 9.88 Å². The fourth-order valence-electron chi connectivity index (χ4n) is 2.15. The summed E-state index contributed by atoms with van der Waals surface area (Å²) in [6.45, 7) is 4.05. The van der Waals surface area contributed by atoms with Crippen molar-refractivity contribution in [3.8, 4) is 5.88 Å². The van der Waals surface area contributed by atoms with Crippen LogP contribution in [0.1, 0.15) is 18.1 Å². The van der Waals surface area contributed by atoms with E-state index >= 15 is 0 Å². The average molecular weight is 469 g/mol. The first-order valence-electron chi connectivity index (χ1n) is 8.45. The van der Waals surface area contributed by atoms with Crippen LogP contribution in [0.25, 0.3) is 0 Å². The number of rotatable bonds is 8. The Hall–Kier alpha value is -1.87. The first-order chi connectivity index (χ1) is 12.1. The molecule has 142 valence electrons. The van der Waals surface area contributed by atoms with Gasteiger partial charge in [0.2, 0.25) is 5.88 Å². The molecule has 0 saturated heterocycles. The molecule has 3 N–H and O–H groups in total. The number of hydrogen-bond donors (Lipinski definition) is 2. The van der Waals surface area contributed by atoms with Crippen molar-refractivity contribution in [1.29, 1.82) is 0 Å². The number of aromatic nitrogens is 1. The van der Waals surface area contributed by atoms with E-state index in [9.17, 15) is 0 Å². The molecular formula is C19H28IN5O. The van der Waals surface area contributed by atoms with Crippen molar-refractivity contribution in [2.45, 2.75) is 19.9 Å². The molecule has 1 aromatic heterocycles. The van der Waals surface area contributed by atoms with Gasteiger partial charge in [0.15, 0.2) is 5.96 Å². The van der Waals surface area contributed by atoms with Gasteiger partial charge in [0.05, 0.1) is 6.54 Å². The van der Waals surface area contributed by atoms with E-state index in [1.165, 1.54) is 5.56 Å². The lowest BCUT2D eigenvalue weighted by Crippen LogP contribution is -2.22. The number of pyridine rings is 1. The van der Waals surface area contributed by atoms with Crippen LogP contribution >= 0.6 is 24.0 Å². The highest BCUT2D eigenvalue weighted by molar-refractivity contribution is 14.0. The van der Waals surface area contributed by atoms with E-state index in [0.29, 0.717) is 25.0 Å². The van der Waals surface area contributed by atoms with Crippen LogP contribution in [0.4, 0.5) is 5.69 Å². The van der Waals surface area contributed by atoms with Crippen LogP contribution in [-0.4, -0.2) is 43.1 Å². The molecule has 0 fully saturated rings. The van der Waals surface area contributed by atoms with Crippen molar-refractivity contribution in [3.63, 3.8) is 0 Å². The summed E-state index contributed by atoms with van der Waals surface area (Å²) in [7, 11) is 4.01. The minimum Gasteiger partial charge on any atom is -0.476 e. The summed E-state index contributed by atoms with van der Waals surface area (Å²) < 4.78 is 5.63. The van der Waals surface area contributed by atoms with Crippen LogP contribution in [-0.2, 0) is 13.0 Å². The maximum absolute atomic E-state index is 5.96. The SMILES string of the molecule is CCc1ccc(NC(N)=NCc2ccnc(OCCN(C)C)c2)cc1.I. The van der Waals surface area contributed by atoms with Crippen molar-refractivity contribution >= 4 is 35.6 Å². The molecule has 0 aliphatic heterocycles. The zero-order chi connectivity index (χ0) is 18.1. The number of guanidine groups is 1. The van der Waals surface area contributed by atoms with Gasteiger partial charge in [-0.1, -0.05) is 19.1 Å². The normalized spacial score (nSPS) is 11.2. The molecular weight excluding hydrogens is 441 g/mol. The molecule has 1 heterocycles. The highest BCUT2D eigenvalue weighted by Gasteiger charge is 2.00. The van der Waals surface area contributed by atoms with Crippen molar-refractivity contribution in [2.75, 3.05) is 32.6 Å². The van der Waals surface area contributed by atoms with Crippen molar-refractivity contribution in [3.05, 3.63) is 53.7 Å². The van der Waals surface area contributed by atoms with Crippen molar-refractivity contribution < 1.29 is 4.74 Å². The Morgan fingerprint density at radius 3 is 2.58 bits per heavy atom. The van der Waals surface area contributed by atoms with E-state index in [0.717, 1.165) is 24.2 Å². The predicted octanol–water partition coefficient (Wildman–Crippen LogP) is 3.13. The van der Waals surface area contributed by atoms with Gasteiger partial charge >= 0.3 is 0 Å². The van der Waals surface area contributed by atoms with Crippen molar-refractivity contribution in [2.24, 2.45) is 10.7 Å². The molecule has 0 radical (unpaired) electrons. The summed E-state index contributed by atoms with van der Waals surface area (Å²) in [6.07, 6.45) is 2.74. The lowest BCUT2D eigenvalue weighted by atomic mass is 10.1. The lowest BCUT2D eigenvalue weighted by molar-refractivity contribution is 0.253. The minimum atomic E-state index is 0. The van der Waals surface area contributed by atoms with E-state index in [2.05, 4.69) is 39.2 Å². The van der Waals surface area contributed by atoms with Gasteiger partial charge in [0.25, 0.3) is 0 Å². The molecule has 2 rings (SSSR count). The van der Waals surface area contributed by atoms with Gasteiger partial charge in [-0.25, -0.2) is 9.98 Å².